The molecule has 1 aromatic carbocycles. The number of hydrogen-bond donors (Lipinski definition) is 0. The zero-order chi connectivity index (χ0) is 16.3. The molecule has 0 radical (unpaired) electrons. The zero-order valence-corrected chi connectivity index (χ0v) is 15.0. The van der Waals surface area contributed by atoms with Crippen LogP contribution in [0, 0.1) is 0 Å². The lowest BCUT2D eigenvalue weighted by molar-refractivity contribution is 0.0791. The Bertz CT molecular complexity index is 778. The van der Waals surface area contributed by atoms with E-state index in [1.54, 1.807) is 6.20 Å². The lowest BCUT2D eigenvalue weighted by Crippen LogP contribution is -2.22. The Morgan fingerprint density at radius 1 is 1.13 bits per heavy atom. The number of pyridine rings is 1. The summed E-state index contributed by atoms with van der Waals surface area (Å²) in [5.41, 5.74) is 3.27. The van der Waals surface area contributed by atoms with Crippen LogP contribution in [0.4, 0.5) is 0 Å². The molecule has 0 N–H and O–H groups in total. The molecule has 2 heterocycles. The molecule has 0 spiro atoms. The maximum atomic E-state index is 5.77. The quantitative estimate of drug-likeness (QED) is 0.498. The van der Waals surface area contributed by atoms with Crippen molar-refractivity contribution < 1.29 is 4.74 Å². The van der Waals surface area contributed by atoms with Crippen LogP contribution in [0.25, 0.3) is 22.0 Å². The minimum Gasteiger partial charge on any atom is -0.360 e. The van der Waals surface area contributed by atoms with Crippen LogP contribution in [0.2, 0.25) is 25.7 Å². The molecule has 0 atom stereocenters. The van der Waals surface area contributed by atoms with Crippen molar-refractivity contribution >= 4 is 19.0 Å². The Balaban J connectivity index is 1.70. The summed E-state index contributed by atoms with van der Waals surface area (Å²) in [5.74, 6) is 0. The third-order valence-corrected chi connectivity index (χ3v) is 5.47. The third-order valence-electron chi connectivity index (χ3n) is 3.77. The van der Waals surface area contributed by atoms with Crippen molar-refractivity contribution in [2.45, 2.75) is 32.4 Å². The van der Waals surface area contributed by atoms with E-state index in [4.69, 9.17) is 4.74 Å². The molecule has 0 fully saturated rings. The maximum absolute atomic E-state index is 5.77. The van der Waals surface area contributed by atoms with E-state index in [2.05, 4.69) is 54.0 Å². The lowest BCUT2D eigenvalue weighted by atomic mass is 10.1. The summed E-state index contributed by atoms with van der Waals surface area (Å²) in [6.45, 7) is 8.41. The van der Waals surface area contributed by atoms with Crippen LogP contribution < -0.4 is 0 Å². The predicted molar refractivity (Wildman–Crippen MR) is 97.1 cm³/mol. The van der Waals surface area contributed by atoms with Gasteiger partial charge in [0.25, 0.3) is 0 Å². The van der Waals surface area contributed by atoms with Gasteiger partial charge in [-0.15, -0.1) is 0 Å². The highest BCUT2D eigenvalue weighted by atomic mass is 28.3. The number of fused-ring (bicyclic) bond motifs is 1. The first-order valence-corrected chi connectivity index (χ1v) is 11.7. The van der Waals surface area contributed by atoms with Crippen LogP contribution >= 0.6 is 0 Å². The number of benzene rings is 1. The number of ether oxygens (including phenoxy) is 1. The van der Waals surface area contributed by atoms with Gasteiger partial charge in [-0.05, 0) is 29.8 Å². The van der Waals surface area contributed by atoms with Crippen LogP contribution in [-0.4, -0.2) is 29.4 Å². The first-order valence-electron chi connectivity index (χ1n) is 7.97. The number of hydrogen-bond acceptors (Lipinski definition) is 3. The average molecular weight is 325 g/mol. The van der Waals surface area contributed by atoms with Crippen LogP contribution in [0.5, 0.6) is 0 Å². The Hall–Kier alpha value is -1.98. The Morgan fingerprint density at radius 3 is 2.74 bits per heavy atom. The van der Waals surface area contributed by atoms with Crippen molar-refractivity contribution in [1.29, 1.82) is 0 Å². The molecule has 3 rings (SSSR count). The topological polar surface area (TPSA) is 39.9 Å². The second-order valence-electron chi connectivity index (χ2n) is 7.03. The minimum absolute atomic E-state index is 0.515. The molecule has 0 saturated heterocycles. The molecule has 0 saturated carbocycles. The van der Waals surface area contributed by atoms with Crippen molar-refractivity contribution in [1.82, 2.24) is 14.8 Å². The summed E-state index contributed by atoms with van der Waals surface area (Å²) in [5, 5.41) is 5.69. The van der Waals surface area contributed by atoms with Crippen molar-refractivity contribution in [3.05, 3.63) is 48.9 Å². The van der Waals surface area contributed by atoms with E-state index in [0.29, 0.717) is 6.73 Å². The molecule has 0 aliphatic rings. The van der Waals surface area contributed by atoms with Gasteiger partial charge in [-0.1, -0.05) is 31.8 Å². The smallest absolute Gasteiger partial charge is 0.139 e. The van der Waals surface area contributed by atoms with Gasteiger partial charge in [-0.25, -0.2) is 4.68 Å². The first-order chi connectivity index (χ1) is 11.0. The van der Waals surface area contributed by atoms with Gasteiger partial charge in [0.2, 0.25) is 0 Å². The largest absolute Gasteiger partial charge is 0.360 e. The first kappa shape index (κ1) is 15.9. The molecule has 5 heteroatoms. The molecule has 0 aliphatic heterocycles. The molecule has 0 bridgehead atoms. The van der Waals surface area contributed by atoms with E-state index in [-0.39, 0.29) is 0 Å². The van der Waals surface area contributed by atoms with Crippen LogP contribution in [0.15, 0.2) is 48.9 Å². The molecule has 23 heavy (non-hydrogen) atoms. The molecule has 0 unspecified atom stereocenters. The van der Waals surface area contributed by atoms with Crippen molar-refractivity contribution in [3.8, 4) is 11.1 Å². The van der Waals surface area contributed by atoms with Gasteiger partial charge in [0, 0.05) is 44.2 Å². The molecule has 0 aliphatic carbocycles. The highest BCUT2D eigenvalue weighted by Crippen LogP contribution is 2.23. The Kier molecular flexibility index (Phi) is 4.59. The van der Waals surface area contributed by atoms with Gasteiger partial charge in [-0.3, -0.25) is 4.98 Å². The molecule has 4 nitrogen and oxygen atoms in total. The molecule has 3 aromatic rings. The average Bonchev–Trinajstić information content (AvgIpc) is 2.93. The Labute approximate surface area is 138 Å². The molecule has 0 amide bonds. The van der Waals surface area contributed by atoms with Crippen LogP contribution in [0.1, 0.15) is 0 Å². The fourth-order valence-corrected chi connectivity index (χ4v) is 3.15. The Morgan fingerprint density at radius 2 is 2.00 bits per heavy atom. The van der Waals surface area contributed by atoms with Crippen molar-refractivity contribution in [2.24, 2.45) is 0 Å². The molecular formula is C18H23N3OSi. The predicted octanol–water partition coefficient (Wildman–Crippen LogP) is 4.41. The van der Waals surface area contributed by atoms with Crippen molar-refractivity contribution in [2.75, 3.05) is 6.61 Å². The summed E-state index contributed by atoms with van der Waals surface area (Å²) in [7, 11) is -1.03. The van der Waals surface area contributed by atoms with E-state index in [0.717, 1.165) is 28.6 Å². The highest BCUT2D eigenvalue weighted by molar-refractivity contribution is 6.76. The zero-order valence-electron chi connectivity index (χ0n) is 14.0. The second-order valence-corrected chi connectivity index (χ2v) is 12.7. The summed E-state index contributed by atoms with van der Waals surface area (Å²) in [6, 6.07) is 11.5. The lowest BCUT2D eigenvalue weighted by Gasteiger charge is -2.15. The van der Waals surface area contributed by atoms with Crippen LogP contribution in [-0.2, 0) is 11.5 Å². The summed E-state index contributed by atoms with van der Waals surface area (Å²) >= 11 is 0. The molecular weight excluding hydrogens is 302 g/mol. The maximum Gasteiger partial charge on any atom is 0.139 e. The molecule has 2 aromatic heterocycles. The van der Waals surface area contributed by atoms with Gasteiger partial charge < -0.3 is 4.74 Å². The number of rotatable bonds is 6. The van der Waals surface area contributed by atoms with E-state index >= 15 is 0 Å². The van der Waals surface area contributed by atoms with E-state index in [9.17, 15) is 0 Å². The minimum atomic E-state index is -1.03. The standard InChI is InChI=1S/C18H23N3OSi/c1-23(2,3)10-9-22-14-21-13-17-11-15(6-7-18(17)20-21)16-5-4-8-19-12-16/h4-8,11-13H,9-10,14H2,1-3H3. The van der Waals surface area contributed by atoms with E-state index < -0.39 is 8.07 Å². The van der Waals surface area contributed by atoms with E-state index in [1.165, 1.54) is 6.04 Å². The van der Waals surface area contributed by atoms with Gasteiger partial charge >= 0.3 is 0 Å². The molecule has 120 valence electrons. The van der Waals surface area contributed by atoms with Crippen molar-refractivity contribution in [3.63, 3.8) is 0 Å². The summed E-state index contributed by atoms with van der Waals surface area (Å²) in [6.07, 6.45) is 5.71. The summed E-state index contributed by atoms with van der Waals surface area (Å²) < 4.78 is 7.64. The fraction of sp³-hybridized carbons (Fsp3) is 0.333. The van der Waals surface area contributed by atoms with Gasteiger partial charge in [-0.2, -0.15) is 5.10 Å². The fourth-order valence-electron chi connectivity index (χ4n) is 2.39. The van der Waals surface area contributed by atoms with Gasteiger partial charge in [0.05, 0.1) is 5.52 Å². The third kappa shape index (κ3) is 4.27. The van der Waals surface area contributed by atoms with E-state index in [1.807, 2.05) is 23.1 Å². The SMILES string of the molecule is C[Si](C)(C)CCOCn1cc2cc(-c3cccnc3)ccc2n1. The number of nitrogens with zero attached hydrogens (tertiary/aromatic N) is 3. The monoisotopic (exact) mass is 325 g/mol. The summed E-state index contributed by atoms with van der Waals surface area (Å²) in [4.78, 5) is 4.18. The second kappa shape index (κ2) is 6.64. The normalized spacial score (nSPS) is 12.0. The van der Waals surface area contributed by atoms with Gasteiger partial charge in [0.15, 0.2) is 0 Å². The van der Waals surface area contributed by atoms with Gasteiger partial charge in [0.1, 0.15) is 6.73 Å². The van der Waals surface area contributed by atoms with Crippen LogP contribution in [0.3, 0.4) is 0 Å². The number of aromatic nitrogens is 3. The highest BCUT2D eigenvalue weighted by Gasteiger charge is 2.12.